The van der Waals surface area contributed by atoms with E-state index in [1.54, 1.807) is 15.9 Å². The Balaban J connectivity index is 1.55. The molecule has 3 aromatic rings. The van der Waals surface area contributed by atoms with Crippen LogP contribution in [0.5, 0.6) is 0 Å². The first-order valence-corrected chi connectivity index (χ1v) is 11.9. The second-order valence-corrected chi connectivity index (χ2v) is 9.92. The zero-order valence-electron chi connectivity index (χ0n) is 18.8. The summed E-state index contributed by atoms with van der Waals surface area (Å²) in [6.45, 7) is 9.49. The predicted octanol–water partition coefficient (Wildman–Crippen LogP) is 2.88. The Hall–Kier alpha value is -2.55. The minimum atomic E-state index is -0.117. The van der Waals surface area contributed by atoms with E-state index in [0.29, 0.717) is 31.0 Å². The fourth-order valence-electron chi connectivity index (χ4n) is 4.77. The summed E-state index contributed by atoms with van der Waals surface area (Å²) in [4.78, 5) is 38.0. The molecule has 0 spiro atoms. The van der Waals surface area contributed by atoms with Crippen LogP contribution in [-0.4, -0.2) is 52.7 Å². The maximum atomic E-state index is 13.6. The molecule has 168 valence electrons. The van der Waals surface area contributed by atoms with E-state index in [-0.39, 0.29) is 24.1 Å². The predicted molar refractivity (Wildman–Crippen MR) is 127 cm³/mol. The lowest BCUT2D eigenvalue weighted by atomic mass is 10.1. The summed E-state index contributed by atoms with van der Waals surface area (Å²) in [5, 5.41) is 0.640. The number of hydrogen-bond donors (Lipinski definition) is 0. The van der Waals surface area contributed by atoms with Crippen LogP contribution < -0.4 is 10.5 Å². The van der Waals surface area contributed by atoms with Crippen LogP contribution >= 0.6 is 11.3 Å². The summed E-state index contributed by atoms with van der Waals surface area (Å²) >= 11 is 1.55. The van der Waals surface area contributed by atoms with Crippen LogP contribution in [0.2, 0.25) is 0 Å². The molecule has 5 rings (SSSR count). The molecule has 0 aliphatic carbocycles. The van der Waals surface area contributed by atoms with E-state index in [9.17, 15) is 9.59 Å². The Labute approximate surface area is 191 Å². The van der Waals surface area contributed by atoms with Crippen LogP contribution in [0, 0.1) is 13.8 Å². The normalized spacial score (nSPS) is 19.0. The van der Waals surface area contributed by atoms with Gasteiger partial charge in [0.25, 0.3) is 5.56 Å². The summed E-state index contributed by atoms with van der Waals surface area (Å²) in [7, 11) is 0. The highest BCUT2D eigenvalue weighted by Gasteiger charge is 2.31. The lowest BCUT2D eigenvalue weighted by Gasteiger charge is -2.28. The first kappa shape index (κ1) is 21.3. The standard InChI is InChI=1S/C24H28N4O3S/c1-15-12-18-6-4-5-7-19(18)28(15)21(29)14-27-20(13-26-8-10-31-11-9-26)25-23-22(24(27)30)16(2)17(3)32-23/h4-7,15H,8-14H2,1-3H3. The number of amides is 1. The molecule has 0 bridgehead atoms. The molecule has 1 aromatic carbocycles. The van der Waals surface area contributed by atoms with Gasteiger partial charge in [0, 0.05) is 29.7 Å². The number of benzene rings is 1. The number of para-hydroxylation sites is 1. The number of ether oxygens (including phenoxy) is 1. The van der Waals surface area contributed by atoms with Crippen molar-refractivity contribution in [2.75, 3.05) is 31.2 Å². The van der Waals surface area contributed by atoms with Gasteiger partial charge in [-0.15, -0.1) is 11.3 Å². The fraction of sp³-hybridized carbons (Fsp3) is 0.458. The van der Waals surface area contributed by atoms with Crippen molar-refractivity contribution >= 4 is 33.1 Å². The lowest BCUT2D eigenvalue weighted by molar-refractivity contribution is -0.119. The number of carbonyl (C=O) groups excluding carboxylic acids is 1. The number of fused-ring (bicyclic) bond motifs is 2. The Morgan fingerprint density at radius 1 is 1.22 bits per heavy atom. The summed E-state index contributed by atoms with van der Waals surface area (Å²) < 4.78 is 7.07. The molecule has 7 nitrogen and oxygen atoms in total. The smallest absolute Gasteiger partial charge is 0.263 e. The molecule has 4 heterocycles. The third-order valence-electron chi connectivity index (χ3n) is 6.61. The van der Waals surface area contributed by atoms with Crippen molar-refractivity contribution in [3.8, 4) is 0 Å². The van der Waals surface area contributed by atoms with Gasteiger partial charge in [-0.1, -0.05) is 18.2 Å². The molecule has 2 aliphatic rings. The van der Waals surface area contributed by atoms with Crippen LogP contribution in [0.3, 0.4) is 0 Å². The van der Waals surface area contributed by atoms with Gasteiger partial charge in [0.1, 0.15) is 17.2 Å². The average Bonchev–Trinajstić information content (AvgIpc) is 3.26. The van der Waals surface area contributed by atoms with E-state index < -0.39 is 0 Å². The minimum absolute atomic E-state index is 0.00550. The van der Waals surface area contributed by atoms with E-state index in [1.165, 1.54) is 5.56 Å². The highest BCUT2D eigenvalue weighted by molar-refractivity contribution is 7.18. The fourth-order valence-corrected chi connectivity index (χ4v) is 5.81. The summed E-state index contributed by atoms with van der Waals surface area (Å²) in [5.41, 5.74) is 2.96. The molecule has 1 fully saturated rings. The van der Waals surface area contributed by atoms with Crippen LogP contribution in [0.1, 0.15) is 28.8 Å². The molecule has 0 radical (unpaired) electrons. The second-order valence-electron chi connectivity index (χ2n) is 8.72. The van der Waals surface area contributed by atoms with Gasteiger partial charge in [-0.25, -0.2) is 4.98 Å². The van der Waals surface area contributed by atoms with Crippen molar-refractivity contribution in [3.63, 3.8) is 0 Å². The number of aromatic nitrogens is 2. The molecular weight excluding hydrogens is 424 g/mol. The van der Waals surface area contributed by atoms with Gasteiger partial charge in [-0.05, 0) is 44.4 Å². The van der Waals surface area contributed by atoms with Gasteiger partial charge < -0.3 is 9.64 Å². The van der Waals surface area contributed by atoms with Crippen molar-refractivity contribution < 1.29 is 9.53 Å². The summed E-state index contributed by atoms with van der Waals surface area (Å²) in [6.07, 6.45) is 0.831. The highest BCUT2D eigenvalue weighted by atomic mass is 32.1. The van der Waals surface area contributed by atoms with Gasteiger partial charge >= 0.3 is 0 Å². The van der Waals surface area contributed by atoms with Crippen molar-refractivity contribution in [2.45, 2.75) is 46.3 Å². The first-order valence-electron chi connectivity index (χ1n) is 11.1. The number of aryl methyl sites for hydroxylation is 2. The van der Waals surface area contributed by atoms with Crippen LogP contribution in [-0.2, 0) is 29.0 Å². The monoisotopic (exact) mass is 452 g/mol. The lowest BCUT2D eigenvalue weighted by Crippen LogP contribution is -2.42. The number of anilines is 1. The quantitative estimate of drug-likeness (QED) is 0.609. The number of thiophene rings is 1. The van der Waals surface area contributed by atoms with Gasteiger partial charge in [0.05, 0.1) is 25.1 Å². The van der Waals surface area contributed by atoms with Gasteiger partial charge in [-0.3, -0.25) is 19.1 Å². The van der Waals surface area contributed by atoms with E-state index in [1.807, 2.05) is 36.9 Å². The average molecular weight is 453 g/mol. The Morgan fingerprint density at radius 2 is 1.97 bits per heavy atom. The maximum absolute atomic E-state index is 13.6. The molecule has 0 N–H and O–H groups in total. The first-order chi connectivity index (χ1) is 15.4. The molecular formula is C24H28N4O3S. The zero-order chi connectivity index (χ0) is 22.4. The SMILES string of the molecule is Cc1sc2nc(CN3CCOCC3)n(CC(=O)N3c4ccccc4CC3C)c(=O)c2c1C. The van der Waals surface area contributed by atoms with E-state index >= 15 is 0 Å². The van der Waals surface area contributed by atoms with Crippen molar-refractivity contribution in [3.05, 3.63) is 56.4 Å². The Morgan fingerprint density at radius 3 is 2.75 bits per heavy atom. The number of nitrogens with zero attached hydrogens (tertiary/aromatic N) is 4. The second kappa shape index (κ2) is 8.42. The molecule has 32 heavy (non-hydrogen) atoms. The van der Waals surface area contributed by atoms with Crippen molar-refractivity contribution in [2.24, 2.45) is 0 Å². The number of carbonyl (C=O) groups is 1. The summed E-state index contributed by atoms with van der Waals surface area (Å²) in [5.74, 6) is 0.581. The maximum Gasteiger partial charge on any atom is 0.263 e. The van der Waals surface area contributed by atoms with Crippen LogP contribution in [0.4, 0.5) is 5.69 Å². The number of hydrogen-bond acceptors (Lipinski definition) is 6. The number of rotatable bonds is 4. The molecule has 1 unspecified atom stereocenters. The van der Waals surface area contributed by atoms with E-state index in [4.69, 9.17) is 9.72 Å². The summed E-state index contributed by atoms with van der Waals surface area (Å²) in [6, 6.07) is 8.09. The van der Waals surface area contributed by atoms with Crippen LogP contribution in [0.15, 0.2) is 29.1 Å². The molecule has 2 aliphatic heterocycles. The minimum Gasteiger partial charge on any atom is -0.379 e. The van der Waals surface area contributed by atoms with Gasteiger partial charge in [0.2, 0.25) is 5.91 Å². The molecule has 0 saturated carbocycles. The van der Waals surface area contributed by atoms with E-state index in [0.717, 1.165) is 40.5 Å². The van der Waals surface area contributed by atoms with Gasteiger partial charge in [0.15, 0.2) is 0 Å². The highest BCUT2D eigenvalue weighted by Crippen LogP contribution is 2.32. The topological polar surface area (TPSA) is 67.7 Å². The zero-order valence-corrected chi connectivity index (χ0v) is 19.6. The Kier molecular flexibility index (Phi) is 5.61. The van der Waals surface area contributed by atoms with Crippen LogP contribution in [0.25, 0.3) is 10.2 Å². The number of morpholine rings is 1. The Bertz CT molecular complexity index is 1240. The third kappa shape index (κ3) is 3.66. The van der Waals surface area contributed by atoms with Crippen molar-refractivity contribution in [1.82, 2.24) is 14.5 Å². The largest absolute Gasteiger partial charge is 0.379 e. The molecule has 8 heteroatoms. The molecule has 2 aromatic heterocycles. The molecule has 1 saturated heterocycles. The van der Waals surface area contributed by atoms with Gasteiger partial charge in [-0.2, -0.15) is 0 Å². The third-order valence-corrected chi connectivity index (χ3v) is 7.71. The van der Waals surface area contributed by atoms with E-state index in [2.05, 4.69) is 17.9 Å². The van der Waals surface area contributed by atoms with Crippen molar-refractivity contribution in [1.29, 1.82) is 0 Å². The molecule has 1 atom stereocenters. The molecule has 1 amide bonds.